The average Bonchev–Trinajstić information content (AvgIpc) is 2.56. The maximum atomic E-state index is 12.2. The summed E-state index contributed by atoms with van der Waals surface area (Å²) in [5.41, 5.74) is 0.248. The first-order valence-corrected chi connectivity index (χ1v) is 7.48. The molecular formula is C16H19N3O4. The Balaban J connectivity index is 1.92. The lowest BCUT2D eigenvalue weighted by Crippen LogP contribution is -2.31. The zero-order valence-electron chi connectivity index (χ0n) is 12.9. The predicted octanol–water partition coefficient (Wildman–Crippen LogP) is 0.856. The number of nitrogens with zero attached hydrogens (tertiary/aromatic N) is 2. The SMILES string of the molecule is CCCCNC(=O)COC(=O)Cn1cnc2ccccc2c1=O. The predicted molar refractivity (Wildman–Crippen MR) is 84.9 cm³/mol. The van der Waals surface area contributed by atoms with E-state index < -0.39 is 5.97 Å². The molecule has 1 N–H and O–H groups in total. The van der Waals surface area contributed by atoms with Crippen LogP contribution in [-0.2, 0) is 20.9 Å². The van der Waals surface area contributed by atoms with Gasteiger partial charge in [-0.3, -0.25) is 19.0 Å². The number of ether oxygens (including phenoxy) is 1. The summed E-state index contributed by atoms with van der Waals surface area (Å²) in [6, 6.07) is 6.88. The van der Waals surface area contributed by atoms with Crippen LogP contribution in [0.3, 0.4) is 0 Å². The molecule has 7 heteroatoms. The van der Waals surface area contributed by atoms with Crippen LogP contribution in [0.15, 0.2) is 35.4 Å². The minimum Gasteiger partial charge on any atom is -0.454 e. The molecule has 0 aliphatic heterocycles. The van der Waals surface area contributed by atoms with E-state index in [1.807, 2.05) is 6.92 Å². The van der Waals surface area contributed by atoms with Gasteiger partial charge in [0.2, 0.25) is 0 Å². The van der Waals surface area contributed by atoms with Gasteiger partial charge in [-0.15, -0.1) is 0 Å². The molecule has 0 saturated carbocycles. The minimum absolute atomic E-state index is 0.279. The summed E-state index contributed by atoms with van der Waals surface area (Å²) in [6.45, 7) is 1.94. The van der Waals surface area contributed by atoms with Crippen molar-refractivity contribution in [1.82, 2.24) is 14.9 Å². The lowest BCUT2D eigenvalue weighted by atomic mass is 10.2. The highest BCUT2D eigenvalue weighted by Gasteiger charge is 2.10. The van der Waals surface area contributed by atoms with E-state index in [1.165, 1.54) is 10.9 Å². The summed E-state index contributed by atoms with van der Waals surface area (Å²) in [7, 11) is 0. The number of carbonyl (C=O) groups excluding carboxylic acids is 2. The molecule has 0 spiro atoms. The highest BCUT2D eigenvalue weighted by Crippen LogP contribution is 2.04. The zero-order valence-corrected chi connectivity index (χ0v) is 12.9. The van der Waals surface area contributed by atoms with Crippen LogP contribution >= 0.6 is 0 Å². The second kappa shape index (κ2) is 8.07. The molecule has 0 aliphatic rings. The van der Waals surface area contributed by atoms with Crippen molar-refractivity contribution >= 4 is 22.8 Å². The summed E-state index contributed by atoms with van der Waals surface area (Å²) < 4.78 is 6.03. The van der Waals surface area contributed by atoms with E-state index in [9.17, 15) is 14.4 Å². The first kappa shape index (κ1) is 16.7. The standard InChI is InChI=1S/C16H19N3O4/c1-2-3-8-17-14(20)10-23-15(21)9-19-11-18-13-7-5-4-6-12(13)16(19)22/h4-7,11H,2-3,8-10H2,1H3,(H,17,20). The number of esters is 1. The van der Waals surface area contributed by atoms with Gasteiger partial charge in [-0.05, 0) is 18.6 Å². The number of nitrogens with one attached hydrogen (secondary N) is 1. The number of hydrogen-bond acceptors (Lipinski definition) is 5. The second-order valence-corrected chi connectivity index (χ2v) is 5.06. The van der Waals surface area contributed by atoms with Crippen LogP contribution < -0.4 is 10.9 Å². The van der Waals surface area contributed by atoms with Crippen molar-refractivity contribution in [2.24, 2.45) is 0 Å². The van der Waals surface area contributed by atoms with Crippen LogP contribution in [0, 0.1) is 0 Å². The first-order valence-electron chi connectivity index (χ1n) is 7.48. The van der Waals surface area contributed by atoms with Gasteiger partial charge < -0.3 is 10.1 Å². The molecule has 0 atom stereocenters. The quantitative estimate of drug-likeness (QED) is 0.604. The molecule has 0 saturated heterocycles. The summed E-state index contributed by atoms with van der Waals surface area (Å²) >= 11 is 0. The largest absolute Gasteiger partial charge is 0.454 e. The fourth-order valence-corrected chi connectivity index (χ4v) is 2.01. The fraction of sp³-hybridized carbons (Fsp3) is 0.375. The van der Waals surface area contributed by atoms with Crippen molar-refractivity contribution in [3.63, 3.8) is 0 Å². The average molecular weight is 317 g/mol. The lowest BCUT2D eigenvalue weighted by molar-refractivity contribution is -0.149. The smallest absolute Gasteiger partial charge is 0.326 e. The molecule has 0 radical (unpaired) electrons. The monoisotopic (exact) mass is 317 g/mol. The molecule has 0 bridgehead atoms. The normalized spacial score (nSPS) is 10.5. The Bertz CT molecular complexity index is 754. The summed E-state index contributed by atoms with van der Waals surface area (Å²) in [4.78, 5) is 39.5. The summed E-state index contributed by atoms with van der Waals surface area (Å²) in [5, 5.41) is 3.07. The van der Waals surface area contributed by atoms with Crippen LogP contribution in [0.25, 0.3) is 10.9 Å². The van der Waals surface area contributed by atoms with Gasteiger partial charge in [0, 0.05) is 6.54 Å². The van der Waals surface area contributed by atoms with Gasteiger partial charge in [0.1, 0.15) is 6.54 Å². The summed E-state index contributed by atoms with van der Waals surface area (Å²) in [5.74, 6) is -1.01. The maximum absolute atomic E-state index is 12.2. The highest BCUT2D eigenvalue weighted by molar-refractivity contribution is 5.81. The molecule has 2 rings (SSSR count). The molecule has 1 heterocycles. The molecule has 0 fully saturated rings. The number of rotatable bonds is 7. The van der Waals surface area contributed by atoms with E-state index in [-0.39, 0.29) is 24.6 Å². The first-order chi connectivity index (χ1) is 11.1. The third-order valence-corrected chi connectivity index (χ3v) is 3.25. The molecule has 1 aromatic carbocycles. The Morgan fingerprint density at radius 2 is 2.09 bits per heavy atom. The number of fused-ring (bicyclic) bond motifs is 1. The molecule has 7 nitrogen and oxygen atoms in total. The molecule has 122 valence electrons. The van der Waals surface area contributed by atoms with Crippen molar-refractivity contribution in [2.75, 3.05) is 13.2 Å². The fourth-order valence-electron chi connectivity index (χ4n) is 2.01. The van der Waals surface area contributed by atoms with E-state index in [0.717, 1.165) is 12.8 Å². The van der Waals surface area contributed by atoms with Crippen LogP contribution in [-0.4, -0.2) is 34.6 Å². The van der Waals surface area contributed by atoms with Crippen LogP contribution in [0.5, 0.6) is 0 Å². The Hall–Kier alpha value is -2.70. The van der Waals surface area contributed by atoms with E-state index in [4.69, 9.17) is 4.74 Å². The Labute approximate surface area is 133 Å². The lowest BCUT2D eigenvalue weighted by Gasteiger charge is -2.08. The van der Waals surface area contributed by atoms with Crippen molar-refractivity contribution < 1.29 is 14.3 Å². The molecule has 1 amide bonds. The van der Waals surface area contributed by atoms with E-state index in [2.05, 4.69) is 10.3 Å². The van der Waals surface area contributed by atoms with Crippen LogP contribution in [0.1, 0.15) is 19.8 Å². The van der Waals surface area contributed by atoms with E-state index >= 15 is 0 Å². The molecule has 2 aromatic rings. The molecule has 1 aromatic heterocycles. The van der Waals surface area contributed by atoms with Gasteiger partial charge >= 0.3 is 5.97 Å². The van der Waals surface area contributed by atoms with E-state index in [0.29, 0.717) is 17.4 Å². The van der Waals surface area contributed by atoms with Crippen molar-refractivity contribution in [2.45, 2.75) is 26.3 Å². The van der Waals surface area contributed by atoms with Gasteiger partial charge in [0.25, 0.3) is 11.5 Å². The van der Waals surface area contributed by atoms with Gasteiger partial charge in [0.05, 0.1) is 17.2 Å². The number of carbonyl (C=O) groups is 2. The van der Waals surface area contributed by atoms with Gasteiger partial charge in [-0.1, -0.05) is 25.5 Å². The van der Waals surface area contributed by atoms with E-state index in [1.54, 1.807) is 24.3 Å². The number of para-hydroxylation sites is 1. The number of aromatic nitrogens is 2. The second-order valence-electron chi connectivity index (χ2n) is 5.06. The van der Waals surface area contributed by atoms with Crippen LogP contribution in [0.2, 0.25) is 0 Å². The van der Waals surface area contributed by atoms with Gasteiger partial charge in [-0.2, -0.15) is 0 Å². The Morgan fingerprint density at radius 3 is 2.87 bits per heavy atom. The molecule has 0 unspecified atom stereocenters. The third kappa shape index (κ3) is 4.64. The van der Waals surface area contributed by atoms with Crippen LogP contribution in [0.4, 0.5) is 0 Å². The van der Waals surface area contributed by atoms with Crippen molar-refractivity contribution in [3.05, 3.63) is 40.9 Å². The molecule has 0 aliphatic carbocycles. The zero-order chi connectivity index (χ0) is 16.7. The third-order valence-electron chi connectivity index (χ3n) is 3.25. The minimum atomic E-state index is -0.658. The van der Waals surface area contributed by atoms with Crippen molar-refractivity contribution in [1.29, 1.82) is 0 Å². The topological polar surface area (TPSA) is 90.3 Å². The summed E-state index contributed by atoms with van der Waals surface area (Å²) in [6.07, 6.45) is 3.14. The number of amides is 1. The van der Waals surface area contributed by atoms with Gasteiger partial charge in [-0.25, -0.2) is 4.98 Å². The molecule has 23 heavy (non-hydrogen) atoms. The number of benzene rings is 1. The Kier molecular flexibility index (Phi) is 5.85. The Morgan fingerprint density at radius 1 is 1.30 bits per heavy atom. The number of hydrogen-bond donors (Lipinski definition) is 1. The highest BCUT2D eigenvalue weighted by atomic mass is 16.5. The molecular weight excluding hydrogens is 298 g/mol. The van der Waals surface area contributed by atoms with Crippen molar-refractivity contribution in [3.8, 4) is 0 Å². The van der Waals surface area contributed by atoms with Gasteiger partial charge in [0.15, 0.2) is 6.61 Å². The maximum Gasteiger partial charge on any atom is 0.326 e. The number of unbranched alkanes of at least 4 members (excludes halogenated alkanes) is 1.